The largest absolute Gasteiger partial charge is 0.373 e. The third-order valence-corrected chi connectivity index (χ3v) is 4.85. The van der Waals surface area contributed by atoms with Crippen molar-refractivity contribution in [3.8, 4) is 0 Å². The molecule has 1 saturated heterocycles. The van der Waals surface area contributed by atoms with Gasteiger partial charge in [-0.3, -0.25) is 4.99 Å². The highest BCUT2D eigenvalue weighted by Gasteiger charge is 2.29. The summed E-state index contributed by atoms with van der Waals surface area (Å²) in [5, 5.41) is 6.72. The van der Waals surface area contributed by atoms with Gasteiger partial charge in [-0.15, -0.1) is 35.7 Å². The first-order chi connectivity index (χ1) is 10.6. The van der Waals surface area contributed by atoms with Crippen molar-refractivity contribution in [2.24, 2.45) is 4.99 Å². The summed E-state index contributed by atoms with van der Waals surface area (Å²) in [5.41, 5.74) is 1.25. The van der Waals surface area contributed by atoms with Crippen LogP contribution in [-0.2, 0) is 4.74 Å². The van der Waals surface area contributed by atoms with E-state index in [1.807, 2.05) is 11.8 Å². The predicted molar refractivity (Wildman–Crippen MR) is 110 cm³/mol. The number of rotatable bonds is 6. The first kappa shape index (κ1) is 20.6. The fraction of sp³-hybridized carbons (Fsp3) is 0.588. The van der Waals surface area contributed by atoms with Crippen LogP contribution in [0.25, 0.3) is 0 Å². The number of aliphatic imine (C=N–C) groups is 1. The molecule has 0 bridgehead atoms. The van der Waals surface area contributed by atoms with Crippen LogP contribution in [0.4, 0.5) is 0 Å². The molecule has 0 amide bonds. The van der Waals surface area contributed by atoms with Crippen LogP contribution in [0.15, 0.2) is 34.2 Å². The van der Waals surface area contributed by atoms with Gasteiger partial charge in [0.2, 0.25) is 0 Å². The van der Waals surface area contributed by atoms with E-state index in [4.69, 9.17) is 4.74 Å². The van der Waals surface area contributed by atoms with Crippen molar-refractivity contribution in [3.05, 3.63) is 29.8 Å². The summed E-state index contributed by atoms with van der Waals surface area (Å²) in [6, 6.07) is 8.65. The van der Waals surface area contributed by atoms with E-state index in [2.05, 4.69) is 53.7 Å². The fourth-order valence-corrected chi connectivity index (χ4v) is 3.21. The van der Waals surface area contributed by atoms with Gasteiger partial charge in [-0.25, -0.2) is 0 Å². The molecule has 1 aromatic rings. The number of benzene rings is 1. The van der Waals surface area contributed by atoms with E-state index >= 15 is 0 Å². The Morgan fingerprint density at radius 3 is 2.65 bits per heavy atom. The van der Waals surface area contributed by atoms with E-state index in [0.29, 0.717) is 0 Å². The Morgan fingerprint density at radius 2 is 2.04 bits per heavy atom. The first-order valence-electron chi connectivity index (χ1n) is 7.89. The van der Waals surface area contributed by atoms with Crippen LogP contribution >= 0.6 is 35.7 Å². The number of halogens is 1. The van der Waals surface area contributed by atoms with Crippen LogP contribution in [0.3, 0.4) is 0 Å². The highest BCUT2D eigenvalue weighted by Crippen LogP contribution is 2.23. The molecular weight excluding hydrogens is 421 g/mol. The molecule has 0 saturated carbocycles. The van der Waals surface area contributed by atoms with Crippen LogP contribution in [0, 0.1) is 6.92 Å². The van der Waals surface area contributed by atoms with Crippen molar-refractivity contribution in [1.29, 1.82) is 0 Å². The number of hydrogen-bond acceptors (Lipinski definition) is 3. The number of nitrogens with one attached hydrogen (secondary N) is 2. The van der Waals surface area contributed by atoms with Crippen LogP contribution in [0.1, 0.15) is 25.3 Å². The molecule has 2 N–H and O–H groups in total. The molecular formula is C17H28IN3OS. The average Bonchev–Trinajstić information content (AvgIpc) is 2.95. The number of aryl methyl sites for hydroxylation is 1. The molecule has 6 heteroatoms. The number of ether oxygens (including phenoxy) is 1. The van der Waals surface area contributed by atoms with Crippen molar-refractivity contribution >= 4 is 41.7 Å². The molecule has 1 heterocycles. The zero-order valence-corrected chi connectivity index (χ0v) is 17.4. The maximum absolute atomic E-state index is 5.78. The van der Waals surface area contributed by atoms with Crippen LogP contribution in [0.5, 0.6) is 0 Å². The lowest BCUT2D eigenvalue weighted by molar-refractivity contribution is 0.0243. The minimum atomic E-state index is -0.0474. The van der Waals surface area contributed by atoms with Gasteiger partial charge in [0.15, 0.2) is 5.96 Å². The Labute approximate surface area is 161 Å². The number of guanidine groups is 1. The molecule has 2 rings (SSSR count). The molecule has 130 valence electrons. The maximum Gasteiger partial charge on any atom is 0.191 e. The van der Waals surface area contributed by atoms with E-state index < -0.39 is 0 Å². The monoisotopic (exact) mass is 449 g/mol. The third-order valence-electron chi connectivity index (χ3n) is 3.84. The topological polar surface area (TPSA) is 45.7 Å². The van der Waals surface area contributed by atoms with Crippen LogP contribution < -0.4 is 10.6 Å². The zero-order valence-electron chi connectivity index (χ0n) is 14.2. The van der Waals surface area contributed by atoms with Gasteiger partial charge in [0.25, 0.3) is 0 Å². The standard InChI is InChI=1S/C17H27N3OS.HI/c1-14-5-7-15(8-6-14)22-12-10-19-16(18-3)20-13-17(2)9-4-11-21-17;/h5-8H,4,9-13H2,1-3H3,(H2,18,19,20);1H. The van der Waals surface area contributed by atoms with Gasteiger partial charge in [-0.1, -0.05) is 17.7 Å². The second kappa shape index (κ2) is 10.4. The Kier molecular flexibility index (Phi) is 9.31. The smallest absolute Gasteiger partial charge is 0.191 e. The Hall–Kier alpha value is -0.470. The molecule has 0 spiro atoms. The van der Waals surface area contributed by atoms with Crippen molar-refractivity contribution in [1.82, 2.24) is 10.6 Å². The van der Waals surface area contributed by atoms with Crippen LogP contribution in [-0.4, -0.2) is 44.1 Å². The summed E-state index contributed by atoms with van der Waals surface area (Å²) in [7, 11) is 1.81. The van der Waals surface area contributed by atoms with Crippen molar-refractivity contribution in [2.45, 2.75) is 37.2 Å². The number of nitrogens with zero attached hydrogens (tertiary/aromatic N) is 1. The number of hydrogen-bond donors (Lipinski definition) is 2. The normalized spacial score (nSPS) is 20.9. The van der Waals surface area contributed by atoms with E-state index in [1.54, 1.807) is 7.05 Å². The van der Waals surface area contributed by atoms with Crippen molar-refractivity contribution < 1.29 is 4.74 Å². The Morgan fingerprint density at radius 1 is 1.30 bits per heavy atom. The molecule has 0 radical (unpaired) electrons. The fourth-order valence-electron chi connectivity index (χ4n) is 2.44. The van der Waals surface area contributed by atoms with Gasteiger partial charge in [0, 0.05) is 37.4 Å². The van der Waals surface area contributed by atoms with Gasteiger partial charge < -0.3 is 15.4 Å². The summed E-state index contributed by atoms with van der Waals surface area (Å²) >= 11 is 1.85. The lowest BCUT2D eigenvalue weighted by Gasteiger charge is -2.24. The minimum Gasteiger partial charge on any atom is -0.373 e. The predicted octanol–water partition coefficient (Wildman–Crippen LogP) is 3.44. The SMILES string of the molecule is CN=C(NCCSc1ccc(C)cc1)NCC1(C)CCCO1.I. The molecule has 1 fully saturated rings. The van der Waals surface area contributed by atoms with E-state index in [0.717, 1.165) is 44.3 Å². The third kappa shape index (κ3) is 7.30. The molecule has 0 aliphatic carbocycles. The molecule has 23 heavy (non-hydrogen) atoms. The van der Waals surface area contributed by atoms with Gasteiger partial charge >= 0.3 is 0 Å². The molecule has 1 unspecified atom stereocenters. The van der Waals surface area contributed by atoms with Crippen molar-refractivity contribution in [2.75, 3.05) is 32.5 Å². The molecule has 1 aliphatic heterocycles. The molecule has 1 aliphatic rings. The van der Waals surface area contributed by atoms with E-state index in [1.165, 1.54) is 10.5 Å². The molecule has 0 aromatic heterocycles. The lowest BCUT2D eigenvalue weighted by Crippen LogP contribution is -2.46. The van der Waals surface area contributed by atoms with E-state index in [9.17, 15) is 0 Å². The van der Waals surface area contributed by atoms with Gasteiger partial charge in [-0.05, 0) is 38.8 Å². The maximum atomic E-state index is 5.78. The Bertz CT molecular complexity index is 487. The van der Waals surface area contributed by atoms with Gasteiger partial charge in [0.1, 0.15) is 0 Å². The van der Waals surface area contributed by atoms with Gasteiger partial charge in [-0.2, -0.15) is 0 Å². The summed E-state index contributed by atoms with van der Waals surface area (Å²) in [6.45, 7) is 6.83. The Balaban J connectivity index is 0.00000264. The number of thioether (sulfide) groups is 1. The molecule has 1 atom stereocenters. The van der Waals surface area contributed by atoms with Gasteiger partial charge in [0.05, 0.1) is 5.60 Å². The highest BCUT2D eigenvalue weighted by atomic mass is 127. The second-order valence-corrected chi connectivity index (χ2v) is 7.08. The average molecular weight is 449 g/mol. The lowest BCUT2D eigenvalue weighted by atomic mass is 10.0. The summed E-state index contributed by atoms with van der Waals surface area (Å²) in [4.78, 5) is 5.57. The molecule has 4 nitrogen and oxygen atoms in total. The summed E-state index contributed by atoms with van der Waals surface area (Å²) in [5.74, 6) is 1.86. The second-order valence-electron chi connectivity index (χ2n) is 5.92. The molecule has 1 aromatic carbocycles. The zero-order chi connectivity index (χ0) is 15.8. The van der Waals surface area contributed by atoms with Crippen LogP contribution in [0.2, 0.25) is 0 Å². The quantitative estimate of drug-likeness (QED) is 0.230. The summed E-state index contributed by atoms with van der Waals surface area (Å²) < 4.78 is 5.78. The minimum absolute atomic E-state index is 0. The first-order valence-corrected chi connectivity index (χ1v) is 8.88. The van der Waals surface area contributed by atoms with E-state index in [-0.39, 0.29) is 29.6 Å². The summed E-state index contributed by atoms with van der Waals surface area (Å²) in [6.07, 6.45) is 2.26. The van der Waals surface area contributed by atoms with Crippen molar-refractivity contribution in [3.63, 3.8) is 0 Å². The highest BCUT2D eigenvalue weighted by molar-refractivity contribution is 14.0.